The Kier molecular flexibility index (Phi) is 2.95. The lowest BCUT2D eigenvalue weighted by Crippen LogP contribution is -2.14. The summed E-state index contributed by atoms with van der Waals surface area (Å²) in [6.07, 6.45) is 1.66. The van der Waals surface area contributed by atoms with Crippen molar-refractivity contribution >= 4 is 5.82 Å². The maximum absolute atomic E-state index is 11.3. The predicted octanol–water partition coefficient (Wildman–Crippen LogP) is 1.55. The molecule has 0 fully saturated rings. The number of nitrogens with one attached hydrogen (secondary N) is 2. The minimum absolute atomic E-state index is 0.141. The maximum atomic E-state index is 11.3. The zero-order chi connectivity index (χ0) is 12.4. The van der Waals surface area contributed by atoms with Gasteiger partial charge in [0.15, 0.2) is 0 Å². The summed E-state index contributed by atoms with van der Waals surface area (Å²) in [5, 5.41) is 3.07. The van der Waals surface area contributed by atoms with Crippen molar-refractivity contribution in [2.45, 2.75) is 26.8 Å². The SMILES string of the molecule is Cc1nc(NC(C)c2ncc(C)o2)cc(=O)[nH]1. The van der Waals surface area contributed by atoms with Crippen molar-refractivity contribution in [3.8, 4) is 0 Å². The Morgan fingerprint density at radius 1 is 1.47 bits per heavy atom. The minimum atomic E-state index is -0.184. The molecule has 2 heterocycles. The van der Waals surface area contributed by atoms with Crippen LogP contribution in [0.4, 0.5) is 5.82 Å². The van der Waals surface area contributed by atoms with E-state index in [2.05, 4.69) is 20.3 Å². The smallest absolute Gasteiger partial charge is 0.252 e. The van der Waals surface area contributed by atoms with Gasteiger partial charge in [-0.2, -0.15) is 0 Å². The van der Waals surface area contributed by atoms with Crippen molar-refractivity contribution < 1.29 is 4.42 Å². The second kappa shape index (κ2) is 4.40. The minimum Gasteiger partial charge on any atom is -0.444 e. The van der Waals surface area contributed by atoms with Crippen molar-refractivity contribution in [2.75, 3.05) is 5.32 Å². The molecule has 2 aromatic heterocycles. The van der Waals surface area contributed by atoms with Gasteiger partial charge in [0.2, 0.25) is 5.89 Å². The molecule has 2 aromatic rings. The highest BCUT2D eigenvalue weighted by molar-refractivity contribution is 5.34. The number of aromatic nitrogens is 3. The summed E-state index contributed by atoms with van der Waals surface area (Å²) < 4.78 is 5.39. The molecule has 2 rings (SSSR count). The second-order valence-electron chi connectivity index (χ2n) is 3.89. The van der Waals surface area contributed by atoms with Gasteiger partial charge in [0, 0.05) is 6.07 Å². The number of oxazole rings is 1. The summed E-state index contributed by atoms with van der Waals surface area (Å²) in [6, 6.07) is 1.26. The maximum Gasteiger partial charge on any atom is 0.252 e. The Balaban J connectivity index is 2.18. The molecule has 1 unspecified atom stereocenters. The van der Waals surface area contributed by atoms with Gasteiger partial charge in [-0.05, 0) is 20.8 Å². The number of aryl methyl sites for hydroxylation is 2. The number of aromatic amines is 1. The topological polar surface area (TPSA) is 83.8 Å². The highest BCUT2D eigenvalue weighted by Crippen LogP contribution is 2.16. The number of nitrogens with zero attached hydrogens (tertiary/aromatic N) is 2. The third kappa shape index (κ3) is 2.72. The molecule has 0 aliphatic rings. The van der Waals surface area contributed by atoms with Crippen LogP contribution in [-0.2, 0) is 0 Å². The van der Waals surface area contributed by atoms with E-state index in [0.29, 0.717) is 17.5 Å². The molecule has 6 nitrogen and oxygen atoms in total. The lowest BCUT2D eigenvalue weighted by molar-refractivity contribution is 0.453. The molecule has 1 atom stereocenters. The van der Waals surface area contributed by atoms with E-state index < -0.39 is 0 Å². The van der Waals surface area contributed by atoms with Gasteiger partial charge >= 0.3 is 0 Å². The van der Waals surface area contributed by atoms with Crippen LogP contribution in [0.1, 0.15) is 30.4 Å². The van der Waals surface area contributed by atoms with Crippen LogP contribution in [0.2, 0.25) is 0 Å². The third-order valence-corrected chi connectivity index (χ3v) is 2.23. The van der Waals surface area contributed by atoms with E-state index in [-0.39, 0.29) is 11.6 Å². The first-order valence-corrected chi connectivity index (χ1v) is 5.31. The number of rotatable bonds is 3. The van der Waals surface area contributed by atoms with Gasteiger partial charge in [0.25, 0.3) is 5.56 Å². The Labute approximate surface area is 98.1 Å². The van der Waals surface area contributed by atoms with E-state index in [9.17, 15) is 4.79 Å². The molecule has 2 N–H and O–H groups in total. The van der Waals surface area contributed by atoms with Gasteiger partial charge in [-0.3, -0.25) is 4.79 Å². The van der Waals surface area contributed by atoms with Crippen LogP contribution in [0.15, 0.2) is 21.5 Å². The number of hydrogen-bond donors (Lipinski definition) is 2. The largest absolute Gasteiger partial charge is 0.444 e. The molecule has 0 aromatic carbocycles. The summed E-state index contributed by atoms with van der Waals surface area (Å²) in [7, 11) is 0. The Bertz CT molecular complexity index is 573. The molecule has 0 radical (unpaired) electrons. The predicted molar refractivity (Wildman–Crippen MR) is 62.9 cm³/mol. The van der Waals surface area contributed by atoms with Gasteiger partial charge in [-0.1, -0.05) is 0 Å². The zero-order valence-corrected chi connectivity index (χ0v) is 9.94. The van der Waals surface area contributed by atoms with E-state index >= 15 is 0 Å². The van der Waals surface area contributed by atoms with Crippen LogP contribution >= 0.6 is 0 Å². The molecular weight excluding hydrogens is 220 g/mol. The summed E-state index contributed by atoms with van der Waals surface area (Å²) in [5.41, 5.74) is -0.184. The van der Waals surface area contributed by atoms with Crippen LogP contribution < -0.4 is 10.9 Å². The van der Waals surface area contributed by atoms with Crippen LogP contribution in [0.3, 0.4) is 0 Å². The van der Waals surface area contributed by atoms with E-state index in [1.165, 1.54) is 6.07 Å². The van der Waals surface area contributed by atoms with Gasteiger partial charge in [0.05, 0.1) is 6.20 Å². The summed E-state index contributed by atoms with van der Waals surface area (Å²) in [4.78, 5) is 22.1. The van der Waals surface area contributed by atoms with Gasteiger partial charge in [0.1, 0.15) is 23.4 Å². The quantitative estimate of drug-likeness (QED) is 0.841. The fourth-order valence-corrected chi connectivity index (χ4v) is 1.51. The molecule has 17 heavy (non-hydrogen) atoms. The van der Waals surface area contributed by atoms with Gasteiger partial charge in [-0.15, -0.1) is 0 Å². The molecule has 0 saturated heterocycles. The lowest BCUT2D eigenvalue weighted by atomic mass is 10.3. The van der Waals surface area contributed by atoms with Crippen molar-refractivity contribution in [1.82, 2.24) is 15.0 Å². The molecule has 0 aliphatic heterocycles. The Morgan fingerprint density at radius 3 is 2.82 bits per heavy atom. The van der Waals surface area contributed by atoms with E-state index in [1.54, 1.807) is 13.1 Å². The lowest BCUT2D eigenvalue weighted by Gasteiger charge is -2.10. The van der Waals surface area contributed by atoms with Crippen molar-refractivity contribution in [3.05, 3.63) is 40.1 Å². The highest BCUT2D eigenvalue weighted by atomic mass is 16.4. The first-order valence-electron chi connectivity index (χ1n) is 5.31. The first-order chi connectivity index (χ1) is 8.04. The molecule has 0 spiro atoms. The molecule has 6 heteroatoms. The van der Waals surface area contributed by atoms with Crippen LogP contribution in [-0.4, -0.2) is 15.0 Å². The summed E-state index contributed by atoms with van der Waals surface area (Å²) in [5.74, 6) is 2.40. The molecule has 0 bridgehead atoms. The molecule has 0 amide bonds. The van der Waals surface area contributed by atoms with Crippen LogP contribution in [0.5, 0.6) is 0 Å². The van der Waals surface area contributed by atoms with E-state index in [1.807, 2.05) is 13.8 Å². The monoisotopic (exact) mass is 234 g/mol. The molecule has 0 aliphatic carbocycles. The van der Waals surface area contributed by atoms with E-state index in [0.717, 1.165) is 5.76 Å². The highest BCUT2D eigenvalue weighted by Gasteiger charge is 2.12. The zero-order valence-electron chi connectivity index (χ0n) is 9.94. The molecular formula is C11H14N4O2. The second-order valence-corrected chi connectivity index (χ2v) is 3.89. The Hall–Kier alpha value is -2.11. The first kappa shape index (κ1) is 11.4. The van der Waals surface area contributed by atoms with Gasteiger partial charge < -0.3 is 14.7 Å². The van der Waals surface area contributed by atoms with Gasteiger partial charge in [-0.25, -0.2) is 9.97 Å². The van der Waals surface area contributed by atoms with Crippen molar-refractivity contribution in [2.24, 2.45) is 0 Å². The third-order valence-electron chi connectivity index (χ3n) is 2.23. The fourth-order valence-electron chi connectivity index (χ4n) is 1.51. The Morgan fingerprint density at radius 2 is 2.24 bits per heavy atom. The van der Waals surface area contributed by atoms with Crippen molar-refractivity contribution in [3.63, 3.8) is 0 Å². The molecule has 0 saturated carbocycles. The average molecular weight is 234 g/mol. The number of anilines is 1. The van der Waals surface area contributed by atoms with Crippen molar-refractivity contribution in [1.29, 1.82) is 0 Å². The van der Waals surface area contributed by atoms with Crippen LogP contribution in [0.25, 0.3) is 0 Å². The molecule has 90 valence electrons. The number of hydrogen-bond acceptors (Lipinski definition) is 5. The normalized spacial score (nSPS) is 12.4. The summed E-state index contributed by atoms with van der Waals surface area (Å²) >= 11 is 0. The average Bonchev–Trinajstić information content (AvgIpc) is 2.63. The number of H-pyrrole nitrogens is 1. The standard InChI is InChI=1S/C11H14N4O2/c1-6-5-12-11(17-6)7(2)13-9-4-10(16)15-8(3)14-9/h4-5,7H,1-3H3,(H2,13,14,15,16). The van der Waals surface area contributed by atoms with E-state index in [4.69, 9.17) is 4.42 Å². The van der Waals surface area contributed by atoms with Crippen LogP contribution in [0, 0.1) is 13.8 Å². The fraction of sp³-hybridized carbons (Fsp3) is 0.364. The summed E-state index contributed by atoms with van der Waals surface area (Å²) in [6.45, 7) is 5.45.